The molecular formula is C10H20N2O2S. The van der Waals surface area contributed by atoms with Crippen molar-refractivity contribution in [1.29, 1.82) is 0 Å². The van der Waals surface area contributed by atoms with Crippen LogP contribution in [-0.2, 0) is 4.74 Å². The minimum Gasteiger partial charge on any atom is -0.449 e. The fraction of sp³-hybridized carbons (Fsp3) is 0.800. The Morgan fingerprint density at radius 2 is 1.93 bits per heavy atom. The van der Waals surface area contributed by atoms with Crippen molar-refractivity contribution in [3.8, 4) is 0 Å². The van der Waals surface area contributed by atoms with Gasteiger partial charge in [0.1, 0.15) is 0 Å². The van der Waals surface area contributed by atoms with E-state index in [9.17, 15) is 4.79 Å². The van der Waals surface area contributed by atoms with Gasteiger partial charge in [0, 0.05) is 0 Å². The number of ether oxygens (including phenoxy) is 1. The van der Waals surface area contributed by atoms with Gasteiger partial charge in [-0.15, -0.1) is 0 Å². The molecule has 5 heteroatoms. The number of alkyl carbamates (subject to hydrolysis) is 1. The maximum absolute atomic E-state index is 11.3. The molecule has 0 aromatic heterocycles. The molecule has 3 N–H and O–H groups in total. The first-order valence-electron chi connectivity index (χ1n) is 5.07. The molecular weight excluding hydrogens is 212 g/mol. The summed E-state index contributed by atoms with van der Waals surface area (Å²) < 4.78 is 4.97. The van der Waals surface area contributed by atoms with Crippen LogP contribution >= 0.6 is 12.2 Å². The van der Waals surface area contributed by atoms with E-state index in [2.05, 4.69) is 5.32 Å². The monoisotopic (exact) mass is 232 g/mol. The van der Waals surface area contributed by atoms with Gasteiger partial charge in [-0.2, -0.15) is 0 Å². The summed E-state index contributed by atoms with van der Waals surface area (Å²) in [5.74, 6) is 0.479. The largest absolute Gasteiger partial charge is 0.449 e. The van der Waals surface area contributed by atoms with Crippen LogP contribution in [0.1, 0.15) is 27.7 Å². The maximum atomic E-state index is 11.3. The molecule has 0 aliphatic heterocycles. The van der Waals surface area contributed by atoms with E-state index < -0.39 is 6.09 Å². The fourth-order valence-electron chi connectivity index (χ4n) is 0.977. The van der Waals surface area contributed by atoms with Crippen LogP contribution in [-0.4, -0.2) is 23.7 Å². The van der Waals surface area contributed by atoms with E-state index in [4.69, 9.17) is 22.7 Å². The summed E-state index contributed by atoms with van der Waals surface area (Å²) in [6.45, 7) is 8.22. The molecule has 1 amide bonds. The molecule has 0 saturated carbocycles. The molecule has 0 heterocycles. The maximum Gasteiger partial charge on any atom is 0.407 e. The number of carbonyl (C=O) groups excluding carboxylic acids is 1. The molecule has 0 aromatic carbocycles. The second-order valence-corrected chi connectivity index (χ2v) is 4.73. The van der Waals surface area contributed by atoms with Gasteiger partial charge in [-0.25, -0.2) is 4.79 Å². The van der Waals surface area contributed by atoms with Crippen molar-refractivity contribution in [1.82, 2.24) is 5.32 Å². The van der Waals surface area contributed by atoms with Crippen molar-refractivity contribution >= 4 is 23.3 Å². The first-order valence-corrected chi connectivity index (χ1v) is 5.48. The Hall–Kier alpha value is -0.840. The van der Waals surface area contributed by atoms with E-state index in [1.807, 2.05) is 27.7 Å². The van der Waals surface area contributed by atoms with Crippen molar-refractivity contribution in [3.05, 3.63) is 0 Å². The van der Waals surface area contributed by atoms with Gasteiger partial charge in [0.05, 0.1) is 17.6 Å². The second kappa shape index (κ2) is 6.61. The number of rotatable bonds is 5. The number of carbonyl (C=O) groups is 1. The Morgan fingerprint density at radius 3 is 2.27 bits per heavy atom. The third kappa shape index (κ3) is 6.28. The molecule has 0 fully saturated rings. The third-order valence-electron chi connectivity index (χ3n) is 1.79. The molecule has 4 nitrogen and oxygen atoms in total. The fourth-order valence-corrected chi connectivity index (χ4v) is 1.31. The van der Waals surface area contributed by atoms with Gasteiger partial charge >= 0.3 is 6.09 Å². The summed E-state index contributed by atoms with van der Waals surface area (Å²) in [5, 5.41) is 2.64. The highest BCUT2D eigenvalue weighted by Crippen LogP contribution is 2.02. The highest BCUT2D eigenvalue weighted by molar-refractivity contribution is 7.80. The molecule has 0 aliphatic carbocycles. The van der Waals surface area contributed by atoms with Crippen molar-refractivity contribution in [3.63, 3.8) is 0 Å². The topological polar surface area (TPSA) is 64.3 Å². The highest BCUT2D eigenvalue weighted by Gasteiger charge is 2.19. The van der Waals surface area contributed by atoms with Crippen molar-refractivity contribution in [2.24, 2.45) is 17.6 Å². The third-order valence-corrected chi connectivity index (χ3v) is 2.05. The molecule has 1 atom stereocenters. The second-order valence-electron chi connectivity index (χ2n) is 4.26. The zero-order valence-electron chi connectivity index (χ0n) is 9.74. The van der Waals surface area contributed by atoms with E-state index in [1.54, 1.807) is 0 Å². The molecule has 0 spiro atoms. The van der Waals surface area contributed by atoms with Crippen molar-refractivity contribution in [2.75, 3.05) is 6.61 Å². The van der Waals surface area contributed by atoms with E-state index in [0.29, 0.717) is 12.5 Å². The van der Waals surface area contributed by atoms with Crippen LogP contribution in [0.5, 0.6) is 0 Å². The molecule has 0 aromatic rings. The summed E-state index contributed by atoms with van der Waals surface area (Å²) in [5.41, 5.74) is 5.50. The summed E-state index contributed by atoms with van der Waals surface area (Å²) in [6.07, 6.45) is -0.463. The lowest BCUT2D eigenvalue weighted by molar-refractivity contribution is 0.130. The number of nitrogens with two attached hydrogens (primary N) is 1. The zero-order chi connectivity index (χ0) is 12.0. The average molecular weight is 232 g/mol. The molecule has 0 radical (unpaired) electrons. The quantitative estimate of drug-likeness (QED) is 0.708. The SMILES string of the molecule is CC(C)COC(=O)NC(C(N)=S)C(C)C. The van der Waals surface area contributed by atoms with Crippen molar-refractivity contribution in [2.45, 2.75) is 33.7 Å². The number of hydrogen-bond donors (Lipinski definition) is 2. The Labute approximate surface area is 96.5 Å². The molecule has 0 rings (SSSR count). The number of hydrogen-bond acceptors (Lipinski definition) is 3. The molecule has 0 saturated heterocycles. The van der Waals surface area contributed by atoms with Crippen LogP contribution < -0.4 is 11.1 Å². The van der Waals surface area contributed by atoms with E-state index in [1.165, 1.54) is 0 Å². The summed E-state index contributed by atoms with van der Waals surface area (Å²) in [4.78, 5) is 11.6. The highest BCUT2D eigenvalue weighted by atomic mass is 32.1. The first kappa shape index (κ1) is 14.2. The van der Waals surface area contributed by atoms with Gasteiger partial charge in [-0.1, -0.05) is 39.9 Å². The Kier molecular flexibility index (Phi) is 6.24. The predicted molar refractivity (Wildman–Crippen MR) is 64.7 cm³/mol. The molecule has 0 aliphatic rings. The molecule has 15 heavy (non-hydrogen) atoms. The Balaban J connectivity index is 4.07. The van der Waals surface area contributed by atoms with Crippen LogP contribution in [0.4, 0.5) is 4.79 Å². The first-order chi connectivity index (χ1) is 6.84. The normalized spacial score (nSPS) is 12.7. The van der Waals surface area contributed by atoms with Crippen LogP contribution in [0.2, 0.25) is 0 Å². The summed E-state index contributed by atoms with van der Waals surface area (Å²) >= 11 is 4.85. The number of thiocarbonyl (C=S) groups is 1. The van der Waals surface area contributed by atoms with Gasteiger partial charge in [0.25, 0.3) is 0 Å². The minimum absolute atomic E-state index is 0.161. The summed E-state index contributed by atoms with van der Waals surface area (Å²) in [6, 6.07) is -0.306. The van der Waals surface area contributed by atoms with E-state index >= 15 is 0 Å². The van der Waals surface area contributed by atoms with Crippen LogP contribution in [0.25, 0.3) is 0 Å². The van der Waals surface area contributed by atoms with Gasteiger partial charge in [-0.05, 0) is 11.8 Å². The lowest BCUT2D eigenvalue weighted by Gasteiger charge is -2.20. The zero-order valence-corrected chi connectivity index (χ0v) is 10.6. The Bertz CT molecular complexity index is 229. The molecule has 1 unspecified atom stereocenters. The van der Waals surface area contributed by atoms with Gasteiger partial charge in [-0.3, -0.25) is 0 Å². The predicted octanol–water partition coefficient (Wildman–Crippen LogP) is 1.68. The smallest absolute Gasteiger partial charge is 0.407 e. The minimum atomic E-state index is -0.463. The van der Waals surface area contributed by atoms with Gasteiger partial charge < -0.3 is 15.8 Å². The lowest BCUT2D eigenvalue weighted by atomic mass is 10.1. The van der Waals surface area contributed by atoms with Crippen molar-refractivity contribution < 1.29 is 9.53 Å². The van der Waals surface area contributed by atoms with E-state index in [-0.39, 0.29) is 16.9 Å². The summed E-state index contributed by atoms with van der Waals surface area (Å²) in [7, 11) is 0. The standard InChI is InChI=1S/C10H20N2O2S/c1-6(2)5-14-10(13)12-8(7(3)4)9(11)15/h6-8H,5H2,1-4H3,(H2,11,15)(H,12,13). The average Bonchev–Trinajstić information content (AvgIpc) is 2.09. The number of nitrogens with one attached hydrogen (secondary N) is 1. The van der Waals surface area contributed by atoms with Crippen LogP contribution in [0, 0.1) is 11.8 Å². The van der Waals surface area contributed by atoms with E-state index in [0.717, 1.165) is 0 Å². The Morgan fingerprint density at radius 1 is 1.40 bits per heavy atom. The van der Waals surface area contributed by atoms with Crippen LogP contribution in [0.3, 0.4) is 0 Å². The van der Waals surface area contributed by atoms with Crippen LogP contribution in [0.15, 0.2) is 0 Å². The number of amides is 1. The van der Waals surface area contributed by atoms with Gasteiger partial charge in [0.15, 0.2) is 0 Å². The molecule has 88 valence electrons. The van der Waals surface area contributed by atoms with Gasteiger partial charge in [0.2, 0.25) is 0 Å². The lowest BCUT2D eigenvalue weighted by Crippen LogP contribution is -2.47. The molecule has 0 bridgehead atoms.